The lowest BCUT2D eigenvalue weighted by Gasteiger charge is -2.34. The first-order chi connectivity index (χ1) is 13.4. The minimum Gasteiger partial charge on any atom is -0.481 e. The predicted molar refractivity (Wildman–Crippen MR) is 112 cm³/mol. The molecule has 28 heavy (non-hydrogen) atoms. The van der Waals surface area contributed by atoms with Gasteiger partial charge in [-0.05, 0) is 56.9 Å². The molecule has 3 heterocycles. The van der Waals surface area contributed by atoms with Gasteiger partial charge in [-0.3, -0.25) is 0 Å². The summed E-state index contributed by atoms with van der Waals surface area (Å²) in [6.45, 7) is 7.59. The van der Waals surface area contributed by atoms with Crippen molar-refractivity contribution < 1.29 is 13.2 Å². The van der Waals surface area contributed by atoms with Gasteiger partial charge >= 0.3 is 0 Å². The highest BCUT2D eigenvalue weighted by molar-refractivity contribution is 7.89. The fraction of sp³-hybridized carbons (Fsp3) is 0.524. The Bertz CT molecular complexity index is 901. The third kappa shape index (κ3) is 4.13. The highest BCUT2D eigenvalue weighted by atomic mass is 32.2. The van der Waals surface area contributed by atoms with Gasteiger partial charge in [0.25, 0.3) is 0 Å². The maximum atomic E-state index is 12.9. The fourth-order valence-electron chi connectivity index (χ4n) is 3.96. The van der Waals surface area contributed by atoms with Gasteiger partial charge in [0.15, 0.2) is 5.06 Å². The Morgan fingerprint density at radius 2 is 1.82 bits per heavy atom. The standard InChI is InChI=1S/C21H28N2O3S2/c1-16(2)22-11-8-18(9-12-22)26-21-14-17-15-23(13-10-20(17)27-21)28(24,25)19-6-4-3-5-7-19/h3-7,14,16,18H,8-13,15H2,1-2H3. The number of piperidine rings is 1. The Morgan fingerprint density at radius 1 is 1.11 bits per heavy atom. The summed E-state index contributed by atoms with van der Waals surface area (Å²) in [4.78, 5) is 4.11. The molecule has 0 amide bonds. The number of rotatable bonds is 5. The molecule has 1 fully saturated rings. The monoisotopic (exact) mass is 420 g/mol. The Labute approximate surface area is 172 Å². The van der Waals surface area contributed by atoms with Crippen LogP contribution in [-0.2, 0) is 23.0 Å². The summed E-state index contributed by atoms with van der Waals surface area (Å²) in [5.41, 5.74) is 1.09. The molecule has 0 saturated carbocycles. The minimum atomic E-state index is -3.45. The lowest BCUT2D eigenvalue weighted by Crippen LogP contribution is -2.41. The molecule has 0 aliphatic carbocycles. The van der Waals surface area contributed by atoms with Crippen LogP contribution in [0.5, 0.6) is 5.06 Å². The van der Waals surface area contributed by atoms with Gasteiger partial charge in [-0.1, -0.05) is 18.2 Å². The second-order valence-electron chi connectivity index (χ2n) is 7.86. The molecule has 2 aliphatic heterocycles. The minimum absolute atomic E-state index is 0.263. The van der Waals surface area contributed by atoms with E-state index in [4.69, 9.17) is 4.74 Å². The van der Waals surface area contributed by atoms with Gasteiger partial charge in [0.05, 0.1) is 4.90 Å². The van der Waals surface area contributed by atoms with Crippen LogP contribution in [0.2, 0.25) is 0 Å². The highest BCUT2D eigenvalue weighted by Crippen LogP contribution is 2.36. The van der Waals surface area contributed by atoms with Crippen LogP contribution in [0.4, 0.5) is 0 Å². The molecular formula is C21H28N2O3S2. The topological polar surface area (TPSA) is 49.9 Å². The molecule has 0 radical (unpaired) electrons. The SMILES string of the molecule is CC(C)N1CCC(Oc2cc3c(s2)CCN(S(=O)(=O)c2ccccc2)C3)CC1. The van der Waals surface area contributed by atoms with Gasteiger partial charge in [0, 0.05) is 37.1 Å². The van der Waals surface area contributed by atoms with Crippen molar-refractivity contribution in [1.29, 1.82) is 0 Å². The van der Waals surface area contributed by atoms with E-state index >= 15 is 0 Å². The van der Waals surface area contributed by atoms with Crippen molar-refractivity contribution in [2.45, 2.75) is 56.7 Å². The predicted octanol–water partition coefficient (Wildman–Crippen LogP) is 3.75. The summed E-state index contributed by atoms with van der Waals surface area (Å²) in [6.07, 6.45) is 3.12. The van der Waals surface area contributed by atoms with Crippen molar-refractivity contribution in [1.82, 2.24) is 9.21 Å². The molecule has 0 spiro atoms. The first-order valence-electron chi connectivity index (χ1n) is 10.0. The molecule has 1 aromatic carbocycles. The lowest BCUT2D eigenvalue weighted by molar-refractivity contribution is 0.0867. The molecular weight excluding hydrogens is 392 g/mol. The van der Waals surface area contributed by atoms with E-state index in [-0.39, 0.29) is 6.10 Å². The van der Waals surface area contributed by atoms with Crippen molar-refractivity contribution in [3.8, 4) is 5.06 Å². The quantitative estimate of drug-likeness (QED) is 0.739. The third-order valence-corrected chi connectivity index (χ3v) is 8.67. The molecule has 2 aromatic rings. The lowest BCUT2D eigenvalue weighted by atomic mass is 10.1. The van der Waals surface area contributed by atoms with Crippen LogP contribution in [-0.4, -0.2) is 49.4 Å². The van der Waals surface area contributed by atoms with Gasteiger partial charge < -0.3 is 9.64 Å². The van der Waals surface area contributed by atoms with Gasteiger partial charge in [0.1, 0.15) is 6.10 Å². The summed E-state index contributed by atoms with van der Waals surface area (Å²) in [7, 11) is -3.45. The number of benzene rings is 1. The van der Waals surface area contributed by atoms with Gasteiger partial charge in [0.2, 0.25) is 10.0 Å². The number of likely N-dealkylation sites (tertiary alicyclic amines) is 1. The molecule has 1 aromatic heterocycles. The summed E-state index contributed by atoms with van der Waals surface area (Å²) in [5.74, 6) is 0. The third-order valence-electron chi connectivity index (χ3n) is 5.68. The van der Waals surface area contributed by atoms with Crippen molar-refractivity contribution >= 4 is 21.4 Å². The molecule has 4 rings (SSSR count). The molecule has 0 unspecified atom stereocenters. The number of ether oxygens (including phenoxy) is 1. The van der Waals surface area contributed by atoms with Crippen molar-refractivity contribution in [2.24, 2.45) is 0 Å². The van der Waals surface area contributed by atoms with Crippen molar-refractivity contribution in [3.63, 3.8) is 0 Å². The molecule has 5 nitrogen and oxygen atoms in total. The number of nitrogens with zero attached hydrogens (tertiary/aromatic N) is 2. The van der Waals surface area contributed by atoms with E-state index in [2.05, 4.69) is 24.8 Å². The number of hydrogen-bond donors (Lipinski definition) is 0. The van der Waals surface area contributed by atoms with Crippen LogP contribution in [0.1, 0.15) is 37.1 Å². The highest BCUT2D eigenvalue weighted by Gasteiger charge is 2.30. The van der Waals surface area contributed by atoms with Gasteiger partial charge in [-0.2, -0.15) is 4.31 Å². The van der Waals surface area contributed by atoms with Crippen LogP contribution >= 0.6 is 11.3 Å². The number of fused-ring (bicyclic) bond motifs is 1. The van der Waals surface area contributed by atoms with Gasteiger partial charge in [-0.25, -0.2) is 8.42 Å². The molecule has 0 bridgehead atoms. The van der Waals surface area contributed by atoms with Crippen LogP contribution in [0, 0.1) is 0 Å². The maximum absolute atomic E-state index is 12.9. The molecule has 0 atom stereocenters. The summed E-state index contributed by atoms with van der Waals surface area (Å²) >= 11 is 1.69. The zero-order valence-electron chi connectivity index (χ0n) is 16.5. The van der Waals surface area contributed by atoms with Crippen molar-refractivity contribution in [3.05, 3.63) is 46.8 Å². The van der Waals surface area contributed by atoms with E-state index in [9.17, 15) is 8.42 Å². The van der Waals surface area contributed by atoms with E-state index in [1.165, 1.54) is 4.88 Å². The Hall–Kier alpha value is -1.41. The van der Waals surface area contributed by atoms with E-state index in [1.807, 2.05) is 6.07 Å². The van der Waals surface area contributed by atoms with E-state index in [0.29, 0.717) is 24.0 Å². The first kappa shape index (κ1) is 19.9. The molecule has 152 valence electrons. The molecule has 0 N–H and O–H groups in total. The first-order valence-corrected chi connectivity index (χ1v) is 12.3. The zero-order chi connectivity index (χ0) is 19.7. The number of sulfonamides is 1. The maximum Gasteiger partial charge on any atom is 0.243 e. The normalized spacial score (nSPS) is 19.7. The second-order valence-corrected chi connectivity index (χ2v) is 10.9. The van der Waals surface area contributed by atoms with E-state index in [0.717, 1.165) is 43.0 Å². The Kier molecular flexibility index (Phi) is 5.78. The van der Waals surface area contributed by atoms with Crippen molar-refractivity contribution in [2.75, 3.05) is 19.6 Å². The Balaban J connectivity index is 1.42. The van der Waals surface area contributed by atoms with E-state index in [1.54, 1.807) is 39.9 Å². The summed E-state index contributed by atoms with van der Waals surface area (Å²) in [6, 6.07) is 11.3. The zero-order valence-corrected chi connectivity index (χ0v) is 18.1. The average molecular weight is 421 g/mol. The van der Waals surface area contributed by atoms with Crippen LogP contribution in [0.15, 0.2) is 41.3 Å². The number of thiophene rings is 1. The van der Waals surface area contributed by atoms with Crippen LogP contribution in [0.3, 0.4) is 0 Å². The van der Waals surface area contributed by atoms with E-state index < -0.39 is 10.0 Å². The van der Waals surface area contributed by atoms with Gasteiger partial charge in [-0.15, -0.1) is 11.3 Å². The molecule has 7 heteroatoms. The van der Waals surface area contributed by atoms with Crippen LogP contribution < -0.4 is 4.74 Å². The molecule has 1 saturated heterocycles. The largest absolute Gasteiger partial charge is 0.481 e. The summed E-state index contributed by atoms with van der Waals surface area (Å²) < 4.78 is 33.7. The fourth-order valence-corrected chi connectivity index (χ4v) is 6.48. The number of hydrogen-bond acceptors (Lipinski definition) is 5. The summed E-state index contributed by atoms with van der Waals surface area (Å²) in [5, 5.41) is 0.937. The smallest absolute Gasteiger partial charge is 0.243 e. The Morgan fingerprint density at radius 3 is 2.50 bits per heavy atom. The average Bonchev–Trinajstić information content (AvgIpc) is 3.10. The molecule has 2 aliphatic rings. The second kappa shape index (κ2) is 8.14. The van der Waals surface area contributed by atoms with Crippen LogP contribution in [0.25, 0.3) is 0 Å².